The van der Waals surface area contributed by atoms with E-state index in [1.54, 1.807) is 18.3 Å². The van der Waals surface area contributed by atoms with Crippen LogP contribution in [0.25, 0.3) is 10.9 Å². The second-order valence-corrected chi connectivity index (χ2v) is 10.8. The van der Waals surface area contributed by atoms with Gasteiger partial charge in [0, 0.05) is 29.1 Å². The van der Waals surface area contributed by atoms with E-state index >= 15 is 0 Å². The van der Waals surface area contributed by atoms with E-state index in [2.05, 4.69) is 15.6 Å². The average molecular weight is 468 g/mol. The molecule has 1 aromatic heterocycles. The number of rotatable bonds is 7. The molecule has 7 nitrogen and oxygen atoms in total. The van der Waals surface area contributed by atoms with Crippen molar-refractivity contribution in [1.29, 1.82) is 0 Å². The van der Waals surface area contributed by atoms with Crippen LogP contribution in [0.2, 0.25) is 0 Å². The summed E-state index contributed by atoms with van der Waals surface area (Å²) in [5.74, 6) is 1.85. The molecule has 6 atom stereocenters. The Morgan fingerprint density at radius 1 is 1.24 bits per heavy atom. The number of benzene rings is 1. The first kappa shape index (κ1) is 21.8. The molecule has 5 aliphatic rings. The molecule has 5 saturated carbocycles. The van der Waals surface area contributed by atoms with Gasteiger partial charge in [-0.05, 0) is 80.0 Å². The zero-order valence-electron chi connectivity index (χ0n) is 19.2. The molecule has 2 amide bonds. The molecule has 7 rings (SSSR count). The van der Waals surface area contributed by atoms with Gasteiger partial charge in [-0.3, -0.25) is 14.6 Å². The van der Waals surface area contributed by atoms with E-state index < -0.39 is 6.61 Å². The predicted molar refractivity (Wildman–Crippen MR) is 122 cm³/mol. The number of carbonyl (C=O) groups is 2. The van der Waals surface area contributed by atoms with Crippen LogP contribution in [0.15, 0.2) is 30.5 Å². The zero-order valence-corrected chi connectivity index (χ0v) is 19.2. The maximum absolute atomic E-state index is 13.7. The summed E-state index contributed by atoms with van der Waals surface area (Å²) in [6, 6.07) is 6.43. The van der Waals surface area contributed by atoms with Crippen molar-refractivity contribution in [2.45, 2.75) is 56.7 Å². The van der Waals surface area contributed by atoms with Gasteiger partial charge in [0.05, 0.1) is 11.6 Å². The second-order valence-electron chi connectivity index (χ2n) is 10.8. The number of pyridine rings is 1. The van der Waals surface area contributed by atoms with E-state index in [0.717, 1.165) is 32.1 Å². The van der Waals surface area contributed by atoms with Gasteiger partial charge in [-0.15, -0.1) is 0 Å². The Morgan fingerprint density at radius 3 is 2.74 bits per heavy atom. The summed E-state index contributed by atoms with van der Waals surface area (Å²) in [5.41, 5.74) is 0.472. The lowest BCUT2D eigenvalue weighted by molar-refractivity contribution is -0.127. The molecule has 8 heteroatoms. The third kappa shape index (κ3) is 3.63. The first-order valence-electron chi connectivity index (χ1n) is 12.3. The number of aliphatic hydroxyl groups excluding tert-OH is 1. The van der Waals surface area contributed by atoms with Crippen molar-refractivity contribution in [2.75, 3.05) is 6.61 Å². The number of halogens is 1. The average Bonchev–Trinajstić information content (AvgIpc) is 3.07. The quantitative estimate of drug-likeness (QED) is 0.581. The van der Waals surface area contributed by atoms with Crippen molar-refractivity contribution >= 4 is 22.7 Å². The van der Waals surface area contributed by atoms with E-state index in [1.807, 2.05) is 6.92 Å². The number of amides is 2. The fourth-order valence-corrected chi connectivity index (χ4v) is 7.18. The molecule has 1 aromatic carbocycles. The highest BCUT2D eigenvalue weighted by Gasteiger charge is 2.61. The van der Waals surface area contributed by atoms with Crippen LogP contribution in [-0.2, 0) is 9.59 Å². The summed E-state index contributed by atoms with van der Waals surface area (Å²) in [5, 5.41) is 15.9. The standard InChI is InChI=1S/C26H30FN3O4/c1-13(25(33)29-21-11-26(9-14(21)10-26)30-23(32)12-31)24-17-7-16(8-18(17)24)34-22-4-5-28-20-3-2-15(27)6-19(20)22/h2-6,13-14,16-18,21,24,31H,7-12H2,1H3,(H,29,33)(H,30,32)/t13?,14?,16?,17-,18+,21-,24?,26?/m1/s1. The molecule has 3 unspecified atom stereocenters. The molecular weight excluding hydrogens is 437 g/mol. The van der Waals surface area contributed by atoms with Crippen molar-refractivity contribution in [3.8, 4) is 5.75 Å². The van der Waals surface area contributed by atoms with E-state index in [9.17, 15) is 14.0 Å². The number of nitrogens with one attached hydrogen (secondary N) is 2. The van der Waals surface area contributed by atoms with Gasteiger partial charge in [-0.2, -0.15) is 0 Å². The molecule has 0 saturated heterocycles. The summed E-state index contributed by atoms with van der Waals surface area (Å²) in [7, 11) is 0. The maximum atomic E-state index is 13.7. The summed E-state index contributed by atoms with van der Waals surface area (Å²) in [4.78, 5) is 28.9. The van der Waals surface area contributed by atoms with Gasteiger partial charge >= 0.3 is 0 Å². The Hall–Kier alpha value is -2.74. The lowest BCUT2D eigenvalue weighted by atomic mass is 9.76. The number of aliphatic hydroxyl groups is 1. The molecule has 3 N–H and O–H groups in total. The molecule has 2 aromatic rings. The largest absolute Gasteiger partial charge is 0.490 e. The molecule has 0 spiro atoms. The van der Waals surface area contributed by atoms with Crippen LogP contribution in [0.4, 0.5) is 4.39 Å². The van der Waals surface area contributed by atoms with Crippen LogP contribution >= 0.6 is 0 Å². The summed E-state index contributed by atoms with van der Waals surface area (Å²) in [6.07, 6.45) is 6.08. The number of ether oxygens (including phenoxy) is 1. The van der Waals surface area contributed by atoms with Gasteiger partial charge in [-0.25, -0.2) is 4.39 Å². The van der Waals surface area contributed by atoms with Crippen molar-refractivity contribution in [3.05, 3.63) is 36.3 Å². The lowest BCUT2D eigenvalue weighted by Gasteiger charge is -2.38. The number of nitrogens with zero attached hydrogens (tertiary/aromatic N) is 1. The van der Waals surface area contributed by atoms with Crippen molar-refractivity contribution in [1.82, 2.24) is 15.6 Å². The summed E-state index contributed by atoms with van der Waals surface area (Å²) in [6.45, 7) is 1.53. The van der Waals surface area contributed by atoms with Gasteiger partial charge in [-0.1, -0.05) is 6.92 Å². The lowest BCUT2D eigenvalue weighted by Crippen LogP contribution is -2.52. The highest BCUT2D eigenvalue weighted by atomic mass is 19.1. The summed E-state index contributed by atoms with van der Waals surface area (Å²) >= 11 is 0. The minimum absolute atomic E-state index is 0.0485. The van der Waals surface area contributed by atoms with E-state index in [4.69, 9.17) is 9.84 Å². The number of fused-ring (bicyclic) bond motifs is 3. The van der Waals surface area contributed by atoms with E-state index in [-0.39, 0.29) is 41.2 Å². The molecule has 5 fully saturated rings. The van der Waals surface area contributed by atoms with Gasteiger partial charge in [0.15, 0.2) is 0 Å². The number of hydrogen-bond donors (Lipinski definition) is 3. The minimum atomic E-state index is -0.496. The highest BCUT2D eigenvalue weighted by molar-refractivity contribution is 5.85. The van der Waals surface area contributed by atoms with Gasteiger partial charge in [0.2, 0.25) is 11.8 Å². The Kier molecular flexibility index (Phi) is 5.06. The molecule has 0 aliphatic heterocycles. The van der Waals surface area contributed by atoms with Gasteiger partial charge < -0.3 is 20.5 Å². The second kappa shape index (κ2) is 7.90. The van der Waals surface area contributed by atoms with Crippen LogP contribution < -0.4 is 15.4 Å². The van der Waals surface area contributed by atoms with Gasteiger partial charge in [0.1, 0.15) is 18.2 Å². The number of hydrogen-bond acceptors (Lipinski definition) is 5. The zero-order chi connectivity index (χ0) is 23.6. The SMILES string of the molecule is CC(C(=O)N[C@@H]1CC2(NC(=O)CO)CC1C2)C1[C@H]2CC(Oc3ccnc4ccc(F)cc34)C[C@@H]12. The molecule has 34 heavy (non-hydrogen) atoms. The van der Waals surface area contributed by atoms with Crippen molar-refractivity contribution < 1.29 is 23.8 Å². The normalized spacial score (nSPS) is 35.9. The molecular formula is C26H30FN3O4. The monoisotopic (exact) mass is 467 g/mol. The van der Waals surface area contributed by atoms with Crippen LogP contribution in [0.5, 0.6) is 5.75 Å². The van der Waals surface area contributed by atoms with Crippen molar-refractivity contribution in [2.24, 2.45) is 29.6 Å². The predicted octanol–water partition coefficient (Wildman–Crippen LogP) is 2.56. The maximum Gasteiger partial charge on any atom is 0.246 e. The fraction of sp³-hybridized carbons (Fsp3) is 0.577. The number of aromatic nitrogens is 1. The smallest absolute Gasteiger partial charge is 0.246 e. The highest BCUT2D eigenvalue weighted by Crippen LogP contribution is 2.61. The van der Waals surface area contributed by atoms with Crippen LogP contribution in [-0.4, -0.2) is 46.2 Å². The first-order chi connectivity index (χ1) is 16.4. The molecule has 0 radical (unpaired) electrons. The first-order valence-corrected chi connectivity index (χ1v) is 12.3. The Labute approximate surface area is 197 Å². The Balaban J connectivity index is 1.02. The van der Waals surface area contributed by atoms with Crippen LogP contribution in [0.3, 0.4) is 0 Å². The molecule has 180 valence electrons. The minimum Gasteiger partial charge on any atom is -0.490 e. The topological polar surface area (TPSA) is 101 Å². The Bertz CT molecular complexity index is 1140. The van der Waals surface area contributed by atoms with E-state index in [0.29, 0.717) is 40.3 Å². The van der Waals surface area contributed by atoms with Crippen LogP contribution in [0, 0.1) is 35.4 Å². The molecule has 2 bridgehead atoms. The Morgan fingerprint density at radius 2 is 2.00 bits per heavy atom. The van der Waals surface area contributed by atoms with Crippen LogP contribution in [0.1, 0.15) is 39.0 Å². The molecule has 5 aliphatic carbocycles. The third-order valence-corrected chi connectivity index (χ3v) is 8.78. The van der Waals surface area contributed by atoms with Crippen molar-refractivity contribution in [3.63, 3.8) is 0 Å². The third-order valence-electron chi connectivity index (χ3n) is 8.78. The summed E-state index contributed by atoms with van der Waals surface area (Å²) < 4.78 is 20.0. The van der Waals surface area contributed by atoms with E-state index in [1.165, 1.54) is 12.1 Å². The molecule has 1 heterocycles. The van der Waals surface area contributed by atoms with Gasteiger partial charge in [0.25, 0.3) is 0 Å². The number of carbonyl (C=O) groups excluding carboxylic acids is 2. The fourth-order valence-electron chi connectivity index (χ4n) is 7.18.